The molecule has 0 saturated carbocycles. The Bertz CT molecular complexity index is 869. The van der Waals surface area contributed by atoms with Gasteiger partial charge < -0.3 is 19.5 Å². The molecule has 0 saturated heterocycles. The summed E-state index contributed by atoms with van der Waals surface area (Å²) in [5.41, 5.74) is 2.20. The van der Waals surface area contributed by atoms with Gasteiger partial charge in [-0.05, 0) is 36.6 Å². The maximum Gasteiger partial charge on any atom is 0.306 e. The third-order valence-electron chi connectivity index (χ3n) is 4.55. The van der Waals surface area contributed by atoms with E-state index in [2.05, 4.69) is 5.32 Å². The van der Waals surface area contributed by atoms with Crippen molar-refractivity contribution in [3.8, 4) is 11.5 Å². The smallest absolute Gasteiger partial charge is 0.306 e. The quantitative estimate of drug-likeness (QED) is 0.475. The van der Waals surface area contributed by atoms with Crippen molar-refractivity contribution in [2.75, 3.05) is 20.8 Å². The molecule has 0 aliphatic rings. The van der Waals surface area contributed by atoms with Crippen molar-refractivity contribution in [3.63, 3.8) is 0 Å². The van der Waals surface area contributed by atoms with Gasteiger partial charge in [0.15, 0.2) is 12.4 Å². The van der Waals surface area contributed by atoms with E-state index in [-0.39, 0.29) is 30.8 Å². The van der Waals surface area contributed by atoms with Crippen LogP contribution in [-0.4, -0.2) is 38.5 Å². The SMILES string of the molecule is COc1cc(CCC(=O)OCC(=O)c2ccc([C@@H](C)NC(C)=O)cc2)cc(OC)c1. The Labute approximate surface area is 176 Å². The first-order valence-electron chi connectivity index (χ1n) is 9.60. The summed E-state index contributed by atoms with van der Waals surface area (Å²) in [5, 5.41) is 2.78. The number of Topliss-reactive ketones (excluding diaryl/α,β-unsaturated/α-hetero) is 1. The number of amides is 1. The standard InChI is InChI=1S/C23H27NO6/c1-15(24-16(2)25)18-6-8-19(9-7-18)22(26)14-30-23(27)10-5-17-11-20(28-3)13-21(12-17)29-4/h6-9,11-13,15H,5,10,14H2,1-4H3,(H,24,25)/t15-/m1/s1. The number of aryl methyl sites for hydroxylation is 1. The summed E-state index contributed by atoms with van der Waals surface area (Å²) in [6.07, 6.45) is 0.576. The fraction of sp³-hybridized carbons (Fsp3) is 0.348. The van der Waals surface area contributed by atoms with Crippen LogP contribution in [0.4, 0.5) is 0 Å². The maximum atomic E-state index is 12.3. The van der Waals surface area contributed by atoms with E-state index in [0.29, 0.717) is 23.5 Å². The van der Waals surface area contributed by atoms with Gasteiger partial charge in [0.05, 0.1) is 20.3 Å². The number of ether oxygens (including phenoxy) is 3. The second-order valence-electron chi connectivity index (χ2n) is 6.85. The van der Waals surface area contributed by atoms with Gasteiger partial charge in [-0.3, -0.25) is 14.4 Å². The van der Waals surface area contributed by atoms with E-state index in [0.717, 1.165) is 11.1 Å². The number of carbonyl (C=O) groups is 3. The molecular weight excluding hydrogens is 386 g/mol. The molecule has 2 aromatic rings. The Morgan fingerprint density at radius 2 is 1.57 bits per heavy atom. The van der Waals surface area contributed by atoms with E-state index in [9.17, 15) is 14.4 Å². The van der Waals surface area contributed by atoms with Gasteiger partial charge in [-0.15, -0.1) is 0 Å². The van der Waals surface area contributed by atoms with Crippen molar-refractivity contribution in [3.05, 3.63) is 59.2 Å². The van der Waals surface area contributed by atoms with E-state index in [4.69, 9.17) is 14.2 Å². The average Bonchev–Trinajstić information content (AvgIpc) is 2.75. The largest absolute Gasteiger partial charge is 0.497 e. The summed E-state index contributed by atoms with van der Waals surface area (Å²) in [5.74, 6) is 0.418. The minimum absolute atomic E-state index is 0.123. The summed E-state index contributed by atoms with van der Waals surface area (Å²) < 4.78 is 15.5. The predicted molar refractivity (Wildman–Crippen MR) is 112 cm³/mol. The Morgan fingerprint density at radius 1 is 0.967 bits per heavy atom. The van der Waals surface area contributed by atoms with Gasteiger partial charge in [0, 0.05) is 25.0 Å². The third-order valence-corrected chi connectivity index (χ3v) is 4.55. The lowest BCUT2D eigenvalue weighted by Gasteiger charge is -2.13. The highest BCUT2D eigenvalue weighted by Crippen LogP contribution is 2.23. The predicted octanol–water partition coefficient (Wildman–Crippen LogP) is 3.26. The molecule has 0 aliphatic carbocycles. The van der Waals surface area contributed by atoms with E-state index < -0.39 is 5.97 Å². The number of benzene rings is 2. The summed E-state index contributed by atoms with van der Waals surface area (Å²) in [7, 11) is 3.12. The zero-order chi connectivity index (χ0) is 22.1. The first-order chi connectivity index (χ1) is 14.3. The number of esters is 1. The molecule has 0 spiro atoms. The molecule has 0 radical (unpaired) electrons. The van der Waals surface area contributed by atoms with Crippen molar-refractivity contribution < 1.29 is 28.6 Å². The van der Waals surface area contributed by atoms with Crippen LogP contribution in [0.2, 0.25) is 0 Å². The van der Waals surface area contributed by atoms with E-state index in [1.165, 1.54) is 6.92 Å². The minimum atomic E-state index is -0.457. The van der Waals surface area contributed by atoms with Crippen molar-refractivity contribution in [2.45, 2.75) is 32.7 Å². The monoisotopic (exact) mass is 413 g/mol. The molecule has 2 rings (SSSR count). The summed E-state index contributed by atoms with van der Waals surface area (Å²) in [6, 6.07) is 12.1. The van der Waals surface area contributed by atoms with E-state index >= 15 is 0 Å². The zero-order valence-corrected chi connectivity index (χ0v) is 17.7. The molecule has 7 nitrogen and oxygen atoms in total. The maximum absolute atomic E-state index is 12.3. The Kier molecular flexibility index (Phi) is 8.41. The Morgan fingerprint density at radius 3 is 2.10 bits per heavy atom. The Hall–Kier alpha value is -3.35. The number of hydrogen-bond acceptors (Lipinski definition) is 6. The van der Waals surface area contributed by atoms with Crippen molar-refractivity contribution in [1.82, 2.24) is 5.32 Å². The van der Waals surface area contributed by atoms with Crippen LogP contribution in [0.15, 0.2) is 42.5 Å². The molecule has 2 aromatic carbocycles. The van der Waals surface area contributed by atoms with Gasteiger partial charge >= 0.3 is 5.97 Å². The minimum Gasteiger partial charge on any atom is -0.497 e. The molecule has 0 bridgehead atoms. The van der Waals surface area contributed by atoms with Gasteiger partial charge in [-0.25, -0.2) is 0 Å². The molecule has 7 heteroatoms. The molecule has 1 amide bonds. The molecule has 1 N–H and O–H groups in total. The van der Waals surface area contributed by atoms with Crippen molar-refractivity contribution >= 4 is 17.7 Å². The highest BCUT2D eigenvalue weighted by Gasteiger charge is 2.12. The van der Waals surface area contributed by atoms with Gasteiger partial charge in [0.2, 0.25) is 5.91 Å². The normalized spacial score (nSPS) is 11.3. The van der Waals surface area contributed by atoms with Gasteiger partial charge in [-0.2, -0.15) is 0 Å². The number of nitrogens with one attached hydrogen (secondary N) is 1. The van der Waals surface area contributed by atoms with Gasteiger partial charge in [-0.1, -0.05) is 24.3 Å². The molecule has 160 valence electrons. The number of hydrogen-bond donors (Lipinski definition) is 1. The topological polar surface area (TPSA) is 90.9 Å². The van der Waals surface area contributed by atoms with E-state index in [1.54, 1.807) is 44.6 Å². The summed E-state index contributed by atoms with van der Waals surface area (Å²) in [6.45, 7) is 2.99. The third kappa shape index (κ3) is 6.92. The van der Waals surface area contributed by atoms with Crippen LogP contribution in [0.25, 0.3) is 0 Å². The average molecular weight is 413 g/mol. The lowest BCUT2D eigenvalue weighted by Crippen LogP contribution is -2.23. The fourth-order valence-corrected chi connectivity index (χ4v) is 2.90. The van der Waals surface area contributed by atoms with Crippen LogP contribution >= 0.6 is 0 Å². The lowest BCUT2D eigenvalue weighted by molar-refractivity contribution is -0.142. The number of rotatable bonds is 10. The summed E-state index contributed by atoms with van der Waals surface area (Å²) in [4.78, 5) is 35.4. The van der Waals surface area contributed by atoms with Crippen LogP contribution in [0.5, 0.6) is 11.5 Å². The Balaban J connectivity index is 1.84. The van der Waals surface area contributed by atoms with Crippen LogP contribution < -0.4 is 14.8 Å². The van der Waals surface area contributed by atoms with Crippen LogP contribution in [0, 0.1) is 0 Å². The van der Waals surface area contributed by atoms with Crippen molar-refractivity contribution in [1.29, 1.82) is 0 Å². The molecule has 1 atom stereocenters. The van der Waals surface area contributed by atoms with Gasteiger partial charge in [0.1, 0.15) is 11.5 Å². The number of ketones is 1. The fourth-order valence-electron chi connectivity index (χ4n) is 2.90. The molecule has 0 fully saturated rings. The second-order valence-corrected chi connectivity index (χ2v) is 6.85. The van der Waals surface area contributed by atoms with Gasteiger partial charge in [0.25, 0.3) is 0 Å². The molecule has 0 aromatic heterocycles. The highest BCUT2D eigenvalue weighted by atomic mass is 16.5. The molecule has 0 unspecified atom stereocenters. The molecule has 0 aliphatic heterocycles. The van der Waals surface area contributed by atoms with Crippen LogP contribution in [-0.2, 0) is 20.7 Å². The molecule has 30 heavy (non-hydrogen) atoms. The molecule has 0 heterocycles. The van der Waals surface area contributed by atoms with E-state index in [1.807, 2.05) is 19.1 Å². The lowest BCUT2D eigenvalue weighted by atomic mass is 10.0. The number of carbonyl (C=O) groups excluding carboxylic acids is 3. The second kappa shape index (κ2) is 11.0. The van der Waals surface area contributed by atoms with Crippen molar-refractivity contribution in [2.24, 2.45) is 0 Å². The first kappa shape index (κ1) is 22.9. The van der Waals surface area contributed by atoms with Crippen LogP contribution in [0.3, 0.4) is 0 Å². The highest BCUT2D eigenvalue weighted by molar-refractivity contribution is 5.98. The zero-order valence-electron chi connectivity index (χ0n) is 17.7. The van der Waals surface area contributed by atoms with Crippen LogP contribution in [0.1, 0.15) is 47.8 Å². The first-order valence-corrected chi connectivity index (χ1v) is 9.60. The molecular formula is C23H27NO6. The summed E-state index contributed by atoms with van der Waals surface area (Å²) >= 11 is 0. The number of methoxy groups -OCH3 is 2.